The van der Waals surface area contributed by atoms with Crippen LogP contribution in [-0.4, -0.2) is 22.2 Å². The molecule has 0 atom stereocenters. The van der Waals surface area contributed by atoms with Gasteiger partial charge in [-0.25, -0.2) is 4.79 Å². The number of nitrogens with zero attached hydrogens (tertiary/aromatic N) is 1. The molecule has 0 aromatic carbocycles. The lowest BCUT2D eigenvalue weighted by Crippen LogP contribution is -2.29. The van der Waals surface area contributed by atoms with Gasteiger partial charge in [0.25, 0.3) is 5.56 Å². The number of nitrogens with one attached hydrogen (secondary N) is 2. The molecule has 0 fully saturated rings. The zero-order chi connectivity index (χ0) is 10.1. The van der Waals surface area contributed by atoms with E-state index in [4.69, 9.17) is 5.73 Å². The summed E-state index contributed by atoms with van der Waals surface area (Å²) in [7, 11) is 0. The van der Waals surface area contributed by atoms with E-state index in [1.165, 1.54) is 0 Å². The van der Waals surface area contributed by atoms with Crippen molar-refractivity contribution in [2.45, 2.75) is 12.8 Å². The maximum atomic E-state index is 11.4. The molecule has 0 unspecified atom stereocenters. The van der Waals surface area contributed by atoms with E-state index in [-0.39, 0.29) is 5.82 Å². The van der Waals surface area contributed by atoms with Gasteiger partial charge in [0.15, 0.2) is 0 Å². The fraction of sp³-hybridized carbons (Fsp3) is 0.375. The van der Waals surface area contributed by atoms with Crippen LogP contribution in [0.15, 0.2) is 14.6 Å². The van der Waals surface area contributed by atoms with Crippen molar-refractivity contribution >= 4 is 11.5 Å². The van der Waals surface area contributed by atoms with Gasteiger partial charge in [0, 0.05) is 6.54 Å². The highest BCUT2D eigenvalue weighted by atomic mass is 16.2. The summed E-state index contributed by atoms with van der Waals surface area (Å²) in [5, 5.41) is 0. The molecule has 4 N–H and O–H groups in total. The number of aromatic amines is 2. The number of anilines is 1. The maximum absolute atomic E-state index is 11.4. The van der Waals surface area contributed by atoms with E-state index in [1.807, 2.05) is 0 Å². The molecule has 2 rings (SSSR count). The van der Waals surface area contributed by atoms with Gasteiger partial charge in [-0.15, -0.1) is 0 Å². The minimum absolute atomic E-state index is 0.0967. The van der Waals surface area contributed by atoms with Crippen LogP contribution < -0.4 is 17.0 Å². The minimum Gasteiger partial charge on any atom is -0.384 e. The Morgan fingerprint density at radius 3 is 2.64 bits per heavy atom. The monoisotopic (exact) mass is 194 g/mol. The lowest BCUT2D eigenvalue weighted by atomic mass is 10.1. The summed E-state index contributed by atoms with van der Waals surface area (Å²) < 4.78 is 0. The number of aliphatic imine (C=N–C) groups is 1. The third kappa shape index (κ3) is 1.34. The Hall–Kier alpha value is -1.85. The van der Waals surface area contributed by atoms with Crippen LogP contribution in [0.2, 0.25) is 0 Å². The molecule has 1 aliphatic rings. The van der Waals surface area contributed by atoms with Crippen LogP contribution >= 0.6 is 0 Å². The van der Waals surface area contributed by atoms with Crippen LogP contribution in [0, 0.1) is 0 Å². The number of nitrogens with two attached hydrogens (primary N) is 1. The zero-order valence-corrected chi connectivity index (χ0v) is 7.46. The molecule has 0 saturated heterocycles. The molecule has 1 aliphatic heterocycles. The first-order chi connectivity index (χ1) is 6.68. The molecule has 0 aliphatic carbocycles. The molecule has 2 heterocycles. The minimum atomic E-state index is -0.588. The molecule has 14 heavy (non-hydrogen) atoms. The molecule has 0 amide bonds. The first-order valence-corrected chi connectivity index (χ1v) is 4.34. The fourth-order valence-electron chi connectivity index (χ4n) is 1.53. The smallest absolute Gasteiger partial charge is 0.327 e. The van der Waals surface area contributed by atoms with Crippen molar-refractivity contribution in [1.82, 2.24) is 9.97 Å². The van der Waals surface area contributed by atoms with Gasteiger partial charge in [0.05, 0.1) is 5.71 Å². The second kappa shape index (κ2) is 3.13. The fourth-order valence-corrected chi connectivity index (χ4v) is 1.53. The summed E-state index contributed by atoms with van der Waals surface area (Å²) in [5.41, 5.74) is 5.48. The number of rotatable bonds is 1. The molecule has 74 valence electrons. The highest BCUT2D eigenvalue weighted by Crippen LogP contribution is 2.12. The van der Waals surface area contributed by atoms with Gasteiger partial charge < -0.3 is 5.73 Å². The number of nitrogen functional groups attached to an aromatic ring is 1. The highest BCUT2D eigenvalue weighted by Gasteiger charge is 2.16. The van der Waals surface area contributed by atoms with Crippen LogP contribution in [0.4, 0.5) is 5.82 Å². The van der Waals surface area contributed by atoms with Crippen LogP contribution in [0.3, 0.4) is 0 Å². The van der Waals surface area contributed by atoms with Crippen molar-refractivity contribution in [3.63, 3.8) is 0 Å². The van der Waals surface area contributed by atoms with E-state index in [2.05, 4.69) is 15.0 Å². The Balaban J connectivity index is 2.63. The van der Waals surface area contributed by atoms with E-state index in [0.717, 1.165) is 12.8 Å². The van der Waals surface area contributed by atoms with Gasteiger partial charge in [-0.2, -0.15) is 0 Å². The first kappa shape index (κ1) is 8.74. The maximum Gasteiger partial charge on any atom is 0.327 e. The van der Waals surface area contributed by atoms with Crippen molar-refractivity contribution in [2.24, 2.45) is 4.99 Å². The molecule has 1 aromatic heterocycles. The van der Waals surface area contributed by atoms with Gasteiger partial charge in [-0.05, 0) is 12.8 Å². The number of hydrogen-bond donors (Lipinski definition) is 3. The Bertz CT molecular complexity index is 497. The van der Waals surface area contributed by atoms with Crippen molar-refractivity contribution in [3.05, 3.63) is 26.4 Å². The summed E-state index contributed by atoms with van der Waals surface area (Å²) >= 11 is 0. The zero-order valence-electron chi connectivity index (χ0n) is 7.46. The second-order valence-corrected chi connectivity index (χ2v) is 3.13. The van der Waals surface area contributed by atoms with Gasteiger partial charge >= 0.3 is 5.69 Å². The topological polar surface area (TPSA) is 104 Å². The molecule has 1 aromatic rings. The van der Waals surface area contributed by atoms with Crippen LogP contribution in [-0.2, 0) is 0 Å². The van der Waals surface area contributed by atoms with Gasteiger partial charge in [-0.3, -0.25) is 19.8 Å². The predicted molar refractivity (Wildman–Crippen MR) is 52.7 cm³/mol. The summed E-state index contributed by atoms with van der Waals surface area (Å²) in [6.45, 7) is 0.716. The molecular weight excluding hydrogens is 184 g/mol. The Morgan fingerprint density at radius 2 is 2.07 bits per heavy atom. The van der Waals surface area contributed by atoms with Crippen LogP contribution in [0.25, 0.3) is 0 Å². The molecular formula is C8H10N4O2. The summed E-state index contributed by atoms with van der Waals surface area (Å²) in [6.07, 6.45) is 1.66. The van der Waals surface area contributed by atoms with Crippen LogP contribution in [0.5, 0.6) is 0 Å². The molecule has 0 saturated carbocycles. The van der Waals surface area contributed by atoms with Gasteiger partial charge in [0.2, 0.25) is 0 Å². The SMILES string of the molecule is Nc1[nH]c(=O)[nH]c(=O)c1C1=NCCC1. The Morgan fingerprint density at radius 1 is 1.29 bits per heavy atom. The van der Waals surface area contributed by atoms with Crippen LogP contribution in [0.1, 0.15) is 18.4 Å². The first-order valence-electron chi connectivity index (χ1n) is 4.34. The standard InChI is InChI=1S/C8H10N4O2/c9-6-5(4-2-1-3-10-4)7(13)12-8(14)11-6/h1-3H2,(H4,9,11,12,13,14). The van der Waals surface area contributed by atoms with Gasteiger partial charge in [-0.1, -0.05) is 0 Å². The van der Waals surface area contributed by atoms with E-state index in [9.17, 15) is 9.59 Å². The van der Waals surface area contributed by atoms with E-state index < -0.39 is 11.2 Å². The normalized spacial score (nSPS) is 15.6. The number of hydrogen-bond acceptors (Lipinski definition) is 4. The molecule has 0 spiro atoms. The molecule has 0 bridgehead atoms. The Labute approximate surface area is 78.9 Å². The summed E-state index contributed by atoms with van der Waals surface area (Å²) in [5.74, 6) is 0.0967. The Kier molecular flexibility index (Phi) is 1.95. The average Bonchev–Trinajstić information content (AvgIpc) is 2.54. The predicted octanol–water partition coefficient (Wildman–Crippen LogP) is -0.772. The van der Waals surface area contributed by atoms with Crippen molar-refractivity contribution in [2.75, 3.05) is 12.3 Å². The van der Waals surface area contributed by atoms with E-state index >= 15 is 0 Å². The number of aromatic nitrogens is 2. The second-order valence-electron chi connectivity index (χ2n) is 3.13. The third-order valence-corrected chi connectivity index (χ3v) is 2.13. The van der Waals surface area contributed by atoms with E-state index in [1.54, 1.807) is 0 Å². The van der Waals surface area contributed by atoms with Crippen molar-refractivity contribution in [3.8, 4) is 0 Å². The van der Waals surface area contributed by atoms with Gasteiger partial charge in [0.1, 0.15) is 11.4 Å². The summed E-state index contributed by atoms with van der Waals surface area (Å²) in [4.78, 5) is 30.9. The largest absolute Gasteiger partial charge is 0.384 e. The molecule has 6 nitrogen and oxygen atoms in total. The van der Waals surface area contributed by atoms with Crippen molar-refractivity contribution in [1.29, 1.82) is 0 Å². The highest BCUT2D eigenvalue weighted by molar-refractivity contribution is 6.04. The quantitative estimate of drug-likeness (QED) is 0.546. The third-order valence-electron chi connectivity index (χ3n) is 2.13. The average molecular weight is 194 g/mol. The lowest BCUT2D eigenvalue weighted by Gasteiger charge is -2.01. The lowest BCUT2D eigenvalue weighted by molar-refractivity contribution is 0.950. The van der Waals surface area contributed by atoms with Crippen molar-refractivity contribution < 1.29 is 0 Å². The summed E-state index contributed by atoms with van der Waals surface area (Å²) in [6, 6.07) is 0. The molecule has 0 radical (unpaired) electrons. The van der Waals surface area contributed by atoms with E-state index in [0.29, 0.717) is 17.8 Å². The number of H-pyrrole nitrogens is 2. The molecule has 6 heteroatoms.